The molecule has 4 rings (SSSR count). The van der Waals surface area contributed by atoms with Gasteiger partial charge < -0.3 is 20.3 Å². The summed E-state index contributed by atoms with van der Waals surface area (Å²) in [7, 11) is 0. The quantitative estimate of drug-likeness (QED) is 0.281. The van der Waals surface area contributed by atoms with Crippen LogP contribution in [0.1, 0.15) is 50.3 Å². The average Bonchev–Trinajstić information content (AvgIpc) is 3.55. The molecule has 34 heavy (non-hydrogen) atoms. The molecule has 1 saturated heterocycles. The van der Waals surface area contributed by atoms with Crippen LogP contribution in [-0.2, 0) is 17.9 Å². The van der Waals surface area contributed by atoms with E-state index in [1.54, 1.807) is 6.20 Å². The lowest BCUT2D eigenvalue weighted by molar-refractivity contribution is -0.134. The first-order valence-electron chi connectivity index (χ1n) is 12.2. The molecule has 1 saturated carbocycles. The Morgan fingerprint density at radius 3 is 2.65 bits per heavy atom. The molecule has 7 nitrogen and oxygen atoms in total. The zero-order valence-electron chi connectivity index (χ0n) is 19.9. The van der Waals surface area contributed by atoms with Crippen molar-refractivity contribution in [2.24, 2.45) is 10.9 Å². The summed E-state index contributed by atoms with van der Waals surface area (Å²) in [5.74, 6) is 2.22. The van der Waals surface area contributed by atoms with Crippen LogP contribution < -0.4 is 15.4 Å². The smallest absolute Gasteiger partial charge is 0.225 e. The molecule has 2 aliphatic rings. The first-order valence-corrected chi connectivity index (χ1v) is 12.2. The summed E-state index contributed by atoms with van der Waals surface area (Å²) in [6.07, 6.45) is 7.24. The summed E-state index contributed by atoms with van der Waals surface area (Å²) in [6.45, 7) is 5.50. The number of aliphatic imine (C=N–C) groups is 1. The van der Waals surface area contributed by atoms with E-state index < -0.39 is 0 Å². The van der Waals surface area contributed by atoms with Gasteiger partial charge in [-0.1, -0.05) is 31.0 Å². The van der Waals surface area contributed by atoms with E-state index in [2.05, 4.69) is 22.5 Å². The van der Waals surface area contributed by atoms with E-state index in [-0.39, 0.29) is 35.9 Å². The molecule has 1 aliphatic carbocycles. The Hall–Kier alpha value is -2.36. The highest BCUT2D eigenvalue weighted by Crippen LogP contribution is 2.27. The van der Waals surface area contributed by atoms with Crippen molar-refractivity contribution in [1.82, 2.24) is 20.5 Å². The Kier molecular flexibility index (Phi) is 10.4. The number of nitrogens with one attached hydrogen (secondary N) is 2. The minimum Gasteiger partial charge on any atom is -0.487 e. The minimum atomic E-state index is 0. The van der Waals surface area contributed by atoms with Gasteiger partial charge in [-0.2, -0.15) is 0 Å². The normalized spacial score (nSPS) is 18.4. The summed E-state index contributed by atoms with van der Waals surface area (Å²) < 4.78 is 5.81. The molecule has 1 unspecified atom stereocenters. The number of hydrogen-bond donors (Lipinski definition) is 2. The van der Waals surface area contributed by atoms with Crippen molar-refractivity contribution in [3.8, 4) is 5.75 Å². The predicted molar refractivity (Wildman–Crippen MR) is 145 cm³/mol. The molecule has 1 aliphatic heterocycles. The van der Waals surface area contributed by atoms with Crippen molar-refractivity contribution < 1.29 is 9.53 Å². The number of rotatable bonds is 8. The van der Waals surface area contributed by atoms with Gasteiger partial charge >= 0.3 is 0 Å². The second kappa shape index (κ2) is 13.5. The summed E-state index contributed by atoms with van der Waals surface area (Å²) >= 11 is 0. The molecule has 1 aromatic heterocycles. The zero-order chi connectivity index (χ0) is 22.9. The highest BCUT2D eigenvalue weighted by atomic mass is 127. The van der Waals surface area contributed by atoms with Crippen LogP contribution in [0.3, 0.4) is 0 Å². The van der Waals surface area contributed by atoms with Crippen LogP contribution in [0.5, 0.6) is 5.75 Å². The highest BCUT2D eigenvalue weighted by Gasteiger charge is 2.32. The third kappa shape index (κ3) is 7.58. The number of likely N-dealkylation sites (tertiary alicyclic amines) is 1. The number of halogens is 1. The SMILES string of the molecule is CCNC(=NCc1ccc(OCc2ccccn2)cc1)NC1CCN(C(=O)C2CCCC2)C1.I. The summed E-state index contributed by atoms with van der Waals surface area (Å²) in [5, 5.41) is 6.86. The number of benzene rings is 1. The van der Waals surface area contributed by atoms with Crippen LogP contribution >= 0.6 is 24.0 Å². The molecule has 0 bridgehead atoms. The molecule has 2 heterocycles. The Morgan fingerprint density at radius 1 is 1.15 bits per heavy atom. The van der Waals surface area contributed by atoms with Crippen molar-refractivity contribution in [1.29, 1.82) is 0 Å². The molecule has 184 valence electrons. The van der Waals surface area contributed by atoms with Crippen molar-refractivity contribution in [3.05, 3.63) is 59.9 Å². The van der Waals surface area contributed by atoms with E-state index in [0.29, 0.717) is 19.1 Å². The second-order valence-corrected chi connectivity index (χ2v) is 8.84. The molecular weight excluding hydrogens is 541 g/mol. The second-order valence-electron chi connectivity index (χ2n) is 8.84. The van der Waals surface area contributed by atoms with Gasteiger partial charge in [-0.25, -0.2) is 4.99 Å². The molecule has 1 aromatic carbocycles. The van der Waals surface area contributed by atoms with Crippen LogP contribution in [0.2, 0.25) is 0 Å². The lowest BCUT2D eigenvalue weighted by Gasteiger charge is -2.21. The highest BCUT2D eigenvalue weighted by molar-refractivity contribution is 14.0. The minimum absolute atomic E-state index is 0. The van der Waals surface area contributed by atoms with Gasteiger partial charge in [0.15, 0.2) is 5.96 Å². The van der Waals surface area contributed by atoms with Crippen LogP contribution in [0, 0.1) is 5.92 Å². The Morgan fingerprint density at radius 2 is 1.94 bits per heavy atom. The van der Waals surface area contributed by atoms with E-state index in [4.69, 9.17) is 9.73 Å². The fraction of sp³-hybridized carbons (Fsp3) is 0.500. The fourth-order valence-corrected chi connectivity index (χ4v) is 4.52. The molecule has 8 heteroatoms. The number of guanidine groups is 1. The lowest BCUT2D eigenvalue weighted by Crippen LogP contribution is -2.45. The molecule has 2 aromatic rings. The number of aromatic nitrogens is 1. The lowest BCUT2D eigenvalue weighted by atomic mass is 10.1. The first-order chi connectivity index (χ1) is 16.2. The van der Waals surface area contributed by atoms with Crippen molar-refractivity contribution >= 4 is 35.8 Å². The summed E-state index contributed by atoms with van der Waals surface area (Å²) in [6, 6.07) is 14.1. The predicted octanol–water partition coefficient (Wildman–Crippen LogP) is 4.12. The number of hydrogen-bond acceptors (Lipinski definition) is 4. The van der Waals surface area contributed by atoms with Gasteiger partial charge in [0.25, 0.3) is 0 Å². The van der Waals surface area contributed by atoms with E-state index in [9.17, 15) is 4.79 Å². The monoisotopic (exact) mass is 577 g/mol. The number of pyridine rings is 1. The number of carbonyl (C=O) groups excluding carboxylic acids is 1. The van der Waals surface area contributed by atoms with Gasteiger partial charge in [0.2, 0.25) is 5.91 Å². The van der Waals surface area contributed by atoms with Gasteiger partial charge in [0.05, 0.1) is 12.2 Å². The molecule has 1 amide bonds. The molecule has 2 N–H and O–H groups in total. The third-order valence-electron chi connectivity index (χ3n) is 6.35. The van der Waals surface area contributed by atoms with E-state index in [0.717, 1.165) is 61.9 Å². The standard InChI is InChI=1S/C26H35N5O2.HI/c1-2-27-26(30-22-14-16-31(18-22)25(32)21-7-3-4-8-21)29-17-20-10-12-24(13-11-20)33-19-23-9-5-6-15-28-23;/h5-6,9-13,15,21-22H,2-4,7-8,14,16-19H2,1H3,(H2,27,29,30);1H. The van der Waals surface area contributed by atoms with Gasteiger partial charge in [-0.3, -0.25) is 9.78 Å². The topological polar surface area (TPSA) is 78.9 Å². The average molecular weight is 578 g/mol. The maximum atomic E-state index is 12.7. The van der Waals surface area contributed by atoms with Crippen molar-refractivity contribution in [2.75, 3.05) is 19.6 Å². The van der Waals surface area contributed by atoms with Crippen molar-refractivity contribution in [2.45, 2.75) is 58.2 Å². The molecule has 1 atom stereocenters. The fourth-order valence-electron chi connectivity index (χ4n) is 4.52. The van der Waals surface area contributed by atoms with Crippen LogP contribution in [0.4, 0.5) is 0 Å². The maximum Gasteiger partial charge on any atom is 0.225 e. The van der Waals surface area contributed by atoms with Gasteiger partial charge in [0, 0.05) is 37.8 Å². The molecule has 2 fully saturated rings. The van der Waals surface area contributed by atoms with E-state index in [1.165, 1.54) is 12.8 Å². The third-order valence-corrected chi connectivity index (χ3v) is 6.35. The maximum absolute atomic E-state index is 12.7. The molecule has 0 spiro atoms. The van der Waals surface area contributed by atoms with Gasteiger partial charge in [0.1, 0.15) is 12.4 Å². The zero-order valence-corrected chi connectivity index (χ0v) is 22.2. The molecule has 0 radical (unpaired) electrons. The number of amides is 1. The van der Waals surface area contributed by atoms with E-state index >= 15 is 0 Å². The first kappa shape index (κ1) is 26.2. The Labute approximate surface area is 219 Å². The summed E-state index contributed by atoms with van der Waals surface area (Å²) in [4.78, 5) is 23.8. The van der Waals surface area contributed by atoms with Crippen molar-refractivity contribution in [3.63, 3.8) is 0 Å². The number of carbonyl (C=O) groups is 1. The van der Waals surface area contributed by atoms with Gasteiger partial charge in [-0.15, -0.1) is 24.0 Å². The largest absolute Gasteiger partial charge is 0.487 e. The Balaban J connectivity index is 0.00000324. The number of ether oxygens (including phenoxy) is 1. The van der Waals surface area contributed by atoms with E-state index in [1.807, 2.05) is 47.4 Å². The summed E-state index contributed by atoms with van der Waals surface area (Å²) in [5.41, 5.74) is 2.02. The van der Waals surface area contributed by atoms with Gasteiger partial charge in [-0.05, 0) is 56.0 Å². The Bertz CT molecular complexity index is 917. The van der Waals surface area contributed by atoms with Crippen LogP contribution in [0.15, 0.2) is 53.7 Å². The number of nitrogens with zero attached hydrogens (tertiary/aromatic N) is 3. The molecular formula is C26H36IN5O2. The van der Waals surface area contributed by atoms with Crippen LogP contribution in [-0.4, -0.2) is 47.4 Å². The van der Waals surface area contributed by atoms with Crippen LogP contribution in [0.25, 0.3) is 0 Å².